The number of amides is 2. The van der Waals surface area contributed by atoms with Crippen LogP contribution in [0.1, 0.15) is 30.5 Å². The van der Waals surface area contributed by atoms with E-state index in [1.165, 1.54) is 5.56 Å². The van der Waals surface area contributed by atoms with Crippen LogP contribution in [0.5, 0.6) is 0 Å². The number of carbonyl (C=O) groups is 1. The van der Waals surface area contributed by atoms with Gasteiger partial charge in [-0.1, -0.05) is 50.8 Å². The summed E-state index contributed by atoms with van der Waals surface area (Å²) in [6.45, 7) is 10.9. The molecule has 0 spiro atoms. The summed E-state index contributed by atoms with van der Waals surface area (Å²) in [4.78, 5) is 20.4. The molecule has 0 aliphatic carbocycles. The molecule has 36 heavy (non-hydrogen) atoms. The molecule has 0 aliphatic heterocycles. The van der Waals surface area contributed by atoms with Gasteiger partial charge in [-0.05, 0) is 65.6 Å². The number of hydrogen-bond acceptors (Lipinski definition) is 4. The highest BCUT2D eigenvalue weighted by atomic mass is 31.0. The number of benzene rings is 3. The Balaban J connectivity index is 1.89. The smallest absolute Gasteiger partial charge is 0.308 e. The van der Waals surface area contributed by atoms with Crippen LogP contribution in [0, 0.1) is 18.3 Å². The summed E-state index contributed by atoms with van der Waals surface area (Å²) in [5, 5.41) is 13.7. The molecule has 0 saturated carbocycles. The molecule has 186 valence electrons. The molecule has 0 aliphatic rings. The van der Waals surface area contributed by atoms with Crippen LogP contribution in [0.4, 0.5) is 16.2 Å². The third-order valence-electron chi connectivity index (χ3n) is 5.91. The molecule has 1 atom stereocenters. The quantitative estimate of drug-likeness (QED) is 0.263. The van der Waals surface area contributed by atoms with Gasteiger partial charge in [0, 0.05) is 29.3 Å². The minimum absolute atomic E-state index is 0.119. The average Bonchev–Trinajstić information content (AvgIpc) is 2.87. The number of nitrogens with zero attached hydrogens (tertiary/aromatic N) is 3. The van der Waals surface area contributed by atoms with E-state index in [4.69, 9.17) is 4.84 Å². The Morgan fingerprint density at radius 1 is 1.11 bits per heavy atom. The van der Waals surface area contributed by atoms with Gasteiger partial charge in [0.15, 0.2) is 0 Å². The first kappa shape index (κ1) is 26.9. The maximum atomic E-state index is 13.5. The standard InChI is InChI=1S/C29H33N4O2P/c1-6-32(35-5)16-17-33(28(34)31-25-13-10-21(2)27(19-25)29(3,4)36)26-14-11-23(12-15-26)24-9-7-8-22(18-24)20-30/h6-15,18-19H,1,16-17,36H2,2-5H3,(H,31,34). The van der Waals surface area contributed by atoms with Gasteiger partial charge in [-0.2, -0.15) is 5.26 Å². The van der Waals surface area contributed by atoms with E-state index in [0.717, 1.165) is 28.1 Å². The molecule has 0 bridgehead atoms. The molecule has 2 amide bonds. The predicted octanol–water partition coefficient (Wildman–Crippen LogP) is 6.69. The summed E-state index contributed by atoms with van der Waals surface area (Å²) in [5.41, 5.74) is 6.31. The van der Waals surface area contributed by atoms with Crippen LogP contribution in [-0.4, -0.2) is 31.3 Å². The van der Waals surface area contributed by atoms with Crippen molar-refractivity contribution in [3.8, 4) is 17.2 Å². The Hall–Kier alpha value is -3.65. The van der Waals surface area contributed by atoms with Crippen LogP contribution in [0.25, 0.3) is 11.1 Å². The van der Waals surface area contributed by atoms with Gasteiger partial charge in [-0.25, -0.2) is 4.79 Å². The molecule has 0 saturated heterocycles. The van der Waals surface area contributed by atoms with E-state index in [0.29, 0.717) is 18.7 Å². The van der Waals surface area contributed by atoms with Gasteiger partial charge in [-0.15, -0.1) is 9.24 Å². The molecule has 0 fully saturated rings. The topological polar surface area (TPSA) is 68.6 Å². The molecule has 3 aromatic rings. The minimum Gasteiger partial charge on any atom is -0.308 e. The van der Waals surface area contributed by atoms with Crippen LogP contribution in [0.15, 0.2) is 79.5 Å². The van der Waals surface area contributed by atoms with Crippen LogP contribution < -0.4 is 10.2 Å². The first-order valence-electron chi connectivity index (χ1n) is 11.7. The summed E-state index contributed by atoms with van der Waals surface area (Å²) < 4.78 is 0. The van der Waals surface area contributed by atoms with Gasteiger partial charge in [0.2, 0.25) is 0 Å². The monoisotopic (exact) mass is 500 g/mol. The van der Waals surface area contributed by atoms with Crippen molar-refractivity contribution in [3.05, 3.63) is 96.2 Å². The molecule has 6 nitrogen and oxygen atoms in total. The van der Waals surface area contributed by atoms with Gasteiger partial charge in [0.1, 0.15) is 0 Å². The third-order valence-corrected chi connectivity index (χ3v) is 6.23. The highest BCUT2D eigenvalue weighted by Crippen LogP contribution is 2.34. The largest absolute Gasteiger partial charge is 0.326 e. The Bertz CT molecular complexity index is 1260. The van der Waals surface area contributed by atoms with Gasteiger partial charge in [0.25, 0.3) is 0 Å². The second-order valence-corrected chi connectivity index (χ2v) is 10.5. The normalized spacial score (nSPS) is 10.9. The van der Waals surface area contributed by atoms with E-state index < -0.39 is 0 Å². The molecule has 7 heteroatoms. The van der Waals surface area contributed by atoms with Crippen LogP contribution in [-0.2, 0) is 9.99 Å². The highest BCUT2D eigenvalue weighted by molar-refractivity contribution is 7.18. The van der Waals surface area contributed by atoms with Crippen LogP contribution in [0.3, 0.4) is 0 Å². The van der Waals surface area contributed by atoms with Gasteiger partial charge in [0.05, 0.1) is 25.3 Å². The number of rotatable bonds is 9. The lowest BCUT2D eigenvalue weighted by atomic mass is 9.96. The number of carbonyl (C=O) groups excluding carboxylic acids is 1. The number of urea groups is 1. The number of hydroxylamine groups is 2. The molecular weight excluding hydrogens is 467 g/mol. The maximum Gasteiger partial charge on any atom is 0.326 e. The average molecular weight is 501 g/mol. The zero-order chi connectivity index (χ0) is 26.3. The number of nitrogens with one attached hydrogen (secondary N) is 1. The lowest BCUT2D eigenvalue weighted by Crippen LogP contribution is -2.40. The Morgan fingerprint density at radius 2 is 1.83 bits per heavy atom. The van der Waals surface area contributed by atoms with Crippen molar-refractivity contribution >= 4 is 26.6 Å². The Morgan fingerprint density at radius 3 is 2.44 bits per heavy atom. The van der Waals surface area contributed by atoms with Crippen molar-refractivity contribution in [1.29, 1.82) is 5.26 Å². The fraction of sp³-hybridized carbons (Fsp3) is 0.241. The summed E-state index contributed by atoms with van der Waals surface area (Å²) in [6.07, 6.45) is 1.58. The molecule has 1 N–H and O–H groups in total. The third kappa shape index (κ3) is 6.73. The van der Waals surface area contributed by atoms with Crippen LogP contribution >= 0.6 is 9.24 Å². The Labute approximate surface area is 216 Å². The van der Waals surface area contributed by atoms with Crippen molar-refractivity contribution in [1.82, 2.24) is 5.06 Å². The zero-order valence-corrected chi connectivity index (χ0v) is 22.4. The van der Waals surface area contributed by atoms with Crippen molar-refractivity contribution in [2.75, 3.05) is 30.4 Å². The van der Waals surface area contributed by atoms with Crippen molar-refractivity contribution in [2.45, 2.75) is 25.9 Å². The summed E-state index contributed by atoms with van der Waals surface area (Å²) in [5.74, 6) is 0. The SMILES string of the molecule is C=CN(CCN(C(=O)Nc1ccc(C)c(C(C)(C)P)c1)c1ccc(-c2cccc(C#N)c2)cc1)OC. The molecule has 3 rings (SSSR count). The second kappa shape index (κ2) is 11.9. The fourth-order valence-corrected chi connectivity index (χ4v) is 4.30. The lowest BCUT2D eigenvalue weighted by molar-refractivity contribution is -0.0845. The summed E-state index contributed by atoms with van der Waals surface area (Å²) in [7, 11) is 4.42. The molecule has 0 heterocycles. The van der Waals surface area contributed by atoms with Crippen LogP contribution in [0.2, 0.25) is 0 Å². The molecule has 1 unspecified atom stereocenters. The Kier molecular flexibility index (Phi) is 8.88. The van der Waals surface area contributed by atoms with Gasteiger partial charge in [-0.3, -0.25) is 14.8 Å². The van der Waals surface area contributed by atoms with E-state index in [-0.39, 0.29) is 11.2 Å². The summed E-state index contributed by atoms with van der Waals surface area (Å²) in [6, 6.07) is 23.1. The first-order chi connectivity index (χ1) is 17.2. The molecule has 0 radical (unpaired) electrons. The van der Waals surface area contributed by atoms with Crippen molar-refractivity contribution < 1.29 is 9.63 Å². The van der Waals surface area contributed by atoms with Gasteiger partial charge < -0.3 is 5.32 Å². The maximum absolute atomic E-state index is 13.5. The molecule has 3 aromatic carbocycles. The minimum atomic E-state index is -0.245. The fourth-order valence-electron chi connectivity index (χ4n) is 3.99. The van der Waals surface area contributed by atoms with Gasteiger partial charge >= 0.3 is 6.03 Å². The van der Waals surface area contributed by atoms with E-state index in [9.17, 15) is 10.1 Å². The zero-order valence-electron chi connectivity index (χ0n) is 21.3. The van der Waals surface area contributed by atoms with E-state index in [2.05, 4.69) is 48.0 Å². The summed E-state index contributed by atoms with van der Waals surface area (Å²) >= 11 is 0. The highest BCUT2D eigenvalue weighted by Gasteiger charge is 2.20. The number of nitriles is 1. The molecular formula is C29H33N4O2P. The van der Waals surface area contributed by atoms with E-state index in [1.807, 2.05) is 60.7 Å². The number of hydrogen-bond donors (Lipinski definition) is 1. The van der Waals surface area contributed by atoms with E-state index in [1.54, 1.807) is 29.3 Å². The molecule has 0 aromatic heterocycles. The first-order valence-corrected chi connectivity index (χ1v) is 12.3. The number of aryl methyl sites for hydroxylation is 1. The van der Waals surface area contributed by atoms with E-state index >= 15 is 0 Å². The predicted molar refractivity (Wildman–Crippen MR) is 151 cm³/mol. The second-order valence-electron chi connectivity index (χ2n) is 9.08. The van der Waals surface area contributed by atoms with Crippen molar-refractivity contribution in [3.63, 3.8) is 0 Å². The lowest BCUT2D eigenvalue weighted by Gasteiger charge is -2.27. The van der Waals surface area contributed by atoms with Crippen molar-refractivity contribution in [2.24, 2.45) is 0 Å². The number of anilines is 2.